The molecule has 23 heavy (non-hydrogen) atoms. The number of methoxy groups -OCH3 is 1. The van der Waals surface area contributed by atoms with E-state index in [0.717, 1.165) is 10.6 Å². The van der Waals surface area contributed by atoms with Crippen molar-refractivity contribution >= 4 is 29.8 Å². The van der Waals surface area contributed by atoms with Gasteiger partial charge in [0.1, 0.15) is 5.69 Å². The fourth-order valence-corrected chi connectivity index (χ4v) is 2.74. The number of hydrogen-bond acceptors (Lipinski definition) is 6. The zero-order valence-electron chi connectivity index (χ0n) is 13.3. The van der Waals surface area contributed by atoms with E-state index in [1.165, 1.54) is 12.0 Å². The van der Waals surface area contributed by atoms with Crippen molar-refractivity contribution in [3.8, 4) is 0 Å². The maximum absolute atomic E-state index is 12.8. The number of fused-ring (bicyclic) bond motifs is 3. The van der Waals surface area contributed by atoms with Gasteiger partial charge in [-0.1, -0.05) is 0 Å². The van der Waals surface area contributed by atoms with Crippen LogP contribution in [0.4, 0.5) is 10.8 Å². The van der Waals surface area contributed by atoms with Crippen molar-refractivity contribution in [2.24, 2.45) is 4.99 Å². The third-order valence-electron chi connectivity index (χ3n) is 4.16. The Morgan fingerprint density at radius 3 is 2.74 bits per heavy atom. The van der Waals surface area contributed by atoms with E-state index in [4.69, 9.17) is 4.42 Å². The molecule has 0 radical (unpaired) electrons. The Bertz CT molecular complexity index is 751. The summed E-state index contributed by atoms with van der Waals surface area (Å²) in [6.07, 6.45) is -0.0536. The van der Waals surface area contributed by atoms with Gasteiger partial charge in [0.2, 0.25) is 0 Å². The lowest BCUT2D eigenvalue weighted by molar-refractivity contribution is -0.685. The Kier molecular flexibility index (Phi) is 3.42. The molecular weight excluding hydrogens is 304 g/mol. The van der Waals surface area contributed by atoms with Crippen molar-refractivity contribution in [1.82, 2.24) is 9.80 Å². The van der Waals surface area contributed by atoms with E-state index in [0.29, 0.717) is 17.6 Å². The quantitative estimate of drug-likeness (QED) is 0.586. The number of amidine groups is 1. The monoisotopic (exact) mass is 321 g/mol. The molecule has 1 atom stereocenters. The number of carbonyl (C=O) groups excluding carboxylic acids is 3. The summed E-state index contributed by atoms with van der Waals surface area (Å²) in [5, 5.41) is 0. The maximum Gasteiger partial charge on any atom is 0.507 e. The molecule has 0 N–H and O–H groups in total. The molecule has 0 bridgehead atoms. The zero-order valence-corrected chi connectivity index (χ0v) is 13.3. The summed E-state index contributed by atoms with van der Waals surface area (Å²) < 4.78 is 11.7. The molecule has 0 aromatic carbocycles. The lowest BCUT2D eigenvalue weighted by Crippen LogP contribution is -2.63. The number of likely N-dealkylation sites (N-methyl/N-ethyl adjacent to an activating group) is 1. The molecule has 2 aliphatic heterocycles. The van der Waals surface area contributed by atoms with Crippen LogP contribution in [0.2, 0.25) is 0 Å². The molecule has 1 saturated heterocycles. The van der Waals surface area contributed by atoms with E-state index in [1.54, 1.807) is 18.5 Å². The summed E-state index contributed by atoms with van der Waals surface area (Å²) in [5.74, 6) is 0.0821. The van der Waals surface area contributed by atoms with Crippen LogP contribution in [0.3, 0.4) is 0 Å². The van der Waals surface area contributed by atoms with Crippen molar-refractivity contribution in [2.45, 2.75) is 26.3 Å². The lowest BCUT2D eigenvalue weighted by Gasteiger charge is -2.31. The number of hydrogen-bond donors (Lipinski definition) is 0. The van der Waals surface area contributed by atoms with E-state index in [9.17, 15) is 14.4 Å². The summed E-state index contributed by atoms with van der Waals surface area (Å²) in [7, 11) is 2.80. The number of oxazole rings is 1. The van der Waals surface area contributed by atoms with Crippen LogP contribution in [0.25, 0.3) is 0 Å². The molecule has 3 amide bonds. The minimum Gasteiger partial charge on any atom is -0.469 e. The highest BCUT2D eigenvalue weighted by molar-refractivity contribution is 6.19. The molecular formula is C14H17N4O5+. The first kappa shape index (κ1) is 15.2. The van der Waals surface area contributed by atoms with Crippen LogP contribution in [-0.4, -0.2) is 54.2 Å². The molecule has 9 heteroatoms. The minimum absolute atomic E-state index is 0.0375. The van der Waals surface area contributed by atoms with Gasteiger partial charge in [0.15, 0.2) is 5.76 Å². The van der Waals surface area contributed by atoms with Crippen LogP contribution in [0.1, 0.15) is 23.9 Å². The first-order valence-electron chi connectivity index (χ1n) is 7.12. The Hall–Kier alpha value is -2.71. The van der Waals surface area contributed by atoms with Gasteiger partial charge in [-0.15, -0.1) is 0 Å². The molecule has 3 heterocycles. The summed E-state index contributed by atoms with van der Waals surface area (Å²) >= 11 is 0. The average Bonchev–Trinajstić information content (AvgIpc) is 3.02. The third kappa shape index (κ3) is 2.11. The summed E-state index contributed by atoms with van der Waals surface area (Å²) in [6, 6.07) is -0.973. The number of aromatic nitrogens is 1. The number of aryl methyl sites for hydroxylation is 1. The lowest BCUT2D eigenvalue weighted by atomic mass is 10.1. The molecule has 1 aromatic rings. The first-order chi connectivity index (χ1) is 10.9. The maximum atomic E-state index is 12.8. The van der Waals surface area contributed by atoms with Gasteiger partial charge in [-0.3, -0.25) is 19.4 Å². The third-order valence-corrected chi connectivity index (χ3v) is 4.16. The smallest absolute Gasteiger partial charge is 0.469 e. The average molecular weight is 321 g/mol. The van der Waals surface area contributed by atoms with Crippen molar-refractivity contribution in [3.05, 3.63) is 11.5 Å². The predicted molar refractivity (Wildman–Crippen MR) is 76.0 cm³/mol. The van der Waals surface area contributed by atoms with Gasteiger partial charge in [-0.25, -0.2) is 4.79 Å². The molecule has 2 aliphatic rings. The number of aliphatic imine (C=N–C) groups is 1. The van der Waals surface area contributed by atoms with Gasteiger partial charge in [-0.05, 0) is 6.92 Å². The van der Waals surface area contributed by atoms with Crippen LogP contribution in [0.15, 0.2) is 9.41 Å². The van der Waals surface area contributed by atoms with Crippen LogP contribution in [0, 0.1) is 13.8 Å². The van der Waals surface area contributed by atoms with Gasteiger partial charge >= 0.3 is 18.0 Å². The molecule has 1 unspecified atom stereocenters. The second-order valence-electron chi connectivity index (χ2n) is 5.43. The number of esters is 1. The van der Waals surface area contributed by atoms with E-state index in [-0.39, 0.29) is 13.0 Å². The minimum atomic E-state index is -0.747. The van der Waals surface area contributed by atoms with Gasteiger partial charge in [-0.2, -0.15) is 4.57 Å². The molecule has 9 nitrogen and oxygen atoms in total. The highest BCUT2D eigenvalue weighted by atomic mass is 16.5. The van der Waals surface area contributed by atoms with E-state index in [1.807, 2.05) is 6.92 Å². The van der Waals surface area contributed by atoms with Crippen molar-refractivity contribution < 1.29 is 28.1 Å². The summed E-state index contributed by atoms with van der Waals surface area (Å²) in [5.41, 5.74) is 0.771. The Morgan fingerprint density at radius 2 is 2.09 bits per heavy atom. The fraction of sp³-hybridized carbons (Fsp3) is 0.500. The number of rotatable bonds is 3. The zero-order chi connectivity index (χ0) is 16.9. The van der Waals surface area contributed by atoms with Crippen LogP contribution < -0.4 is 4.57 Å². The van der Waals surface area contributed by atoms with Gasteiger partial charge in [0.05, 0.1) is 13.5 Å². The van der Waals surface area contributed by atoms with Gasteiger partial charge in [0.25, 0.3) is 17.8 Å². The van der Waals surface area contributed by atoms with Crippen molar-refractivity contribution in [1.29, 1.82) is 0 Å². The number of amides is 3. The number of nitrogens with zero attached hydrogens (tertiary/aromatic N) is 4. The molecule has 0 spiro atoms. The standard InChI is InChI=1S/C14H17N4O5/c1-7-8(2)23-13-15-11-10(18(7)13)12(20)17(14(21)16(11)3)6-5-9(19)22-4/h10H,5-6H2,1-4H3/q+1. The van der Waals surface area contributed by atoms with E-state index in [2.05, 4.69) is 9.73 Å². The van der Waals surface area contributed by atoms with Crippen LogP contribution >= 0.6 is 0 Å². The molecule has 0 aliphatic carbocycles. The summed E-state index contributed by atoms with van der Waals surface area (Å²) in [6.45, 7) is 3.57. The number of carbonyl (C=O) groups is 3. The van der Waals surface area contributed by atoms with E-state index >= 15 is 0 Å². The molecule has 0 saturated carbocycles. The molecule has 122 valence electrons. The molecule has 3 rings (SSSR count). The Labute approximate surface area is 132 Å². The number of ether oxygens (including phenoxy) is 1. The van der Waals surface area contributed by atoms with Crippen LogP contribution in [0.5, 0.6) is 0 Å². The topological polar surface area (TPSA) is 96.3 Å². The van der Waals surface area contributed by atoms with E-state index < -0.39 is 23.9 Å². The second kappa shape index (κ2) is 5.18. The molecule has 1 fully saturated rings. The Balaban J connectivity index is 1.95. The van der Waals surface area contributed by atoms with Crippen LogP contribution in [-0.2, 0) is 14.3 Å². The fourth-order valence-electron chi connectivity index (χ4n) is 2.74. The van der Waals surface area contributed by atoms with Crippen molar-refractivity contribution in [2.75, 3.05) is 20.7 Å². The van der Waals surface area contributed by atoms with Crippen molar-refractivity contribution in [3.63, 3.8) is 0 Å². The largest absolute Gasteiger partial charge is 0.507 e. The predicted octanol–water partition coefficient (Wildman–Crippen LogP) is 0.226. The number of imide groups is 1. The Morgan fingerprint density at radius 1 is 1.39 bits per heavy atom. The SMILES string of the molecule is COC(=O)CCN1C(=O)C2C(=Nc3oc(C)c(C)[n+]32)N(C)C1=O. The van der Waals surface area contributed by atoms with Gasteiger partial charge < -0.3 is 9.15 Å². The highest BCUT2D eigenvalue weighted by Crippen LogP contribution is 2.30. The summed E-state index contributed by atoms with van der Waals surface area (Å²) in [4.78, 5) is 43.1. The number of urea groups is 1. The first-order valence-corrected chi connectivity index (χ1v) is 7.12. The van der Waals surface area contributed by atoms with Gasteiger partial charge in [0, 0.05) is 25.5 Å². The normalized spacial score (nSPS) is 19.7. The second-order valence-corrected chi connectivity index (χ2v) is 5.43. The molecule has 1 aromatic heterocycles. The highest BCUT2D eigenvalue weighted by Gasteiger charge is 2.55.